The number of pyridine rings is 1. The number of ether oxygens (including phenoxy) is 2. The zero-order chi connectivity index (χ0) is 15.2. The lowest BCUT2D eigenvalue weighted by Crippen LogP contribution is -1.92. The second kappa shape index (κ2) is 4.61. The second-order valence-corrected chi connectivity index (χ2v) is 5.23. The molecule has 1 aromatic carbocycles. The summed E-state index contributed by atoms with van der Waals surface area (Å²) < 4.78 is 16.1. The van der Waals surface area contributed by atoms with Gasteiger partial charge in [-0.05, 0) is 36.4 Å². The zero-order valence-corrected chi connectivity index (χ0v) is 11.9. The summed E-state index contributed by atoms with van der Waals surface area (Å²) in [5.74, 6) is 3.00. The third-order valence-electron chi connectivity index (χ3n) is 3.79. The number of hydrogen-bond donors (Lipinski definition) is 1. The molecule has 0 fully saturated rings. The average Bonchev–Trinajstić information content (AvgIpc) is 3.32. The van der Waals surface area contributed by atoms with Gasteiger partial charge >= 0.3 is 0 Å². The highest BCUT2D eigenvalue weighted by Gasteiger charge is 2.16. The molecule has 112 valence electrons. The quantitative estimate of drug-likeness (QED) is 0.612. The molecular weight excluding hydrogens is 294 g/mol. The molecule has 1 aliphatic rings. The molecule has 6 heteroatoms. The van der Waals surface area contributed by atoms with Gasteiger partial charge in [-0.2, -0.15) is 0 Å². The maximum atomic E-state index is 5.41. The van der Waals surface area contributed by atoms with Crippen molar-refractivity contribution in [2.24, 2.45) is 0 Å². The molecule has 3 aromatic heterocycles. The molecule has 4 heterocycles. The fourth-order valence-electron chi connectivity index (χ4n) is 2.66. The minimum absolute atomic E-state index is 0.257. The molecule has 0 bridgehead atoms. The molecule has 0 aliphatic carbocycles. The van der Waals surface area contributed by atoms with E-state index in [4.69, 9.17) is 13.9 Å². The van der Waals surface area contributed by atoms with Gasteiger partial charge in [0.2, 0.25) is 6.79 Å². The molecule has 0 saturated carbocycles. The third-order valence-corrected chi connectivity index (χ3v) is 3.79. The number of aromatic amines is 1. The van der Waals surface area contributed by atoms with E-state index in [9.17, 15) is 0 Å². The average molecular weight is 305 g/mol. The maximum absolute atomic E-state index is 5.41. The first-order valence-corrected chi connectivity index (χ1v) is 7.16. The lowest BCUT2D eigenvalue weighted by atomic mass is 10.2. The summed E-state index contributed by atoms with van der Waals surface area (Å²) in [5.41, 5.74) is 3.34. The van der Waals surface area contributed by atoms with Crippen molar-refractivity contribution in [1.29, 1.82) is 0 Å². The monoisotopic (exact) mass is 305 g/mol. The van der Waals surface area contributed by atoms with E-state index >= 15 is 0 Å². The van der Waals surface area contributed by atoms with Gasteiger partial charge in [-0.3, -0.25) is 0 Å². The number of nitrogens with one attached hydrogen (secondary N) is 1. The van der Waals surface area contributed by atoms with Gasteiger partial charge in [0.05, 0.1) is 11.8 Å². The van der Waals surface area contributed by atoms with E-state index < -0.39 is 0 Å². The number of benzene rings is 1. The largest absolute Gasteiger partial charge is 0.464 e. The van der Waals surface area contributed by atoms with E-state index in [-0.39, 0.29) is 6.79 Å². The summed E-state index contributed by atoms with van der Waals surface area (Å²) in [4.78, 5) is 12.2. The minimum atomic E-state index is 0.257. The van der Waals surface area contributed by atoms with Crippen molar-refractivity contribution in [3.8, 4) is 34.2 Å². The molecule has 0 amide bonds. The molecule has 0 atom stereocenters. The Kier molecular flexibility index (Phi) is 2.46. The maximum Gasteiger partial charge on any atom is 0.231 e. The number of rotatable bonds is 2. The number of hydrogen-bond acceptors (Lipinski definition) is 5. The predicted octanol–water partition coefficient (Wildman–Crippen LogP) is 3.61. The van der Waals surface area contributed by atoms with Gasteiger partial charge in [0, 0.05) is 17.3 Å². The normalized spacial score (nSPS) is 12.9. The number of furan rings is 1. The summed E-state index contributed by atoms with van der Waals surface area (Å²) >= 11 is 0. The van der Waals surface area contributed by atoms with Crippen molar-refractivity contribution in [3.05, 3.63) is 48.9 Å². The van der Waals surface area contributed by atoms with Gasteiger partial charge in [0.15, 0.2) is 17.1 Å². The third kappa shape index (κ3) is 1.96. The molecule has 0 radical (unpaired) electrons. The highest BCUT2D eigenvalue weighted by molar-refractivity contribution is 5.80. The number of imidazole rings is 1. The Morgan fingerprint density at radius 2 is 1.96 bits per heavy atom. The molecule has 4 aromatic rings. The first kappa shape index (κ1) is 12.3. The van der Waals surface area contributed by atoms with Crippen LogP contribution in [0.25, 0.3) is 33.9 Å². The Morgan fingerprint density at radius 3 is 2.87 bits per heavy atom. The van der Waals surface area contributed by atoms with Crippen LogP contribution in [-0.4, -0.2) is 21.7 Å². The van der Waals surface area contributed by atoms with Crippen LogP contribution >= 0.6 is 0 Å². The summed E-state index contributed by atoms with van der Waals surface area (Å²) in [6.45, 7) is 0.257. The molecule has 1 N–H and O–H groups in total. The summed E-state index contributed by atoms with van der Waals surface area (Å²) in [6, 6.07) is 11.5. The van der Waals surface area contributed by atoms with Crippen LogP contribution < -0.4 is 9.47 Å². The van der Waals surface area contributed by atoms with Crippen molar-refractivity contribution in [2.75, 3.05) is 6.79 Å². The van der Waals surface area contributed by atoms with Crippen LogP contribution in [-0.2, 0) is 0 Å². The van der Waals surface area contributed by atoms with E-state index in [1.54, 1.807) is 12.5 Å². The van der Waals surface area contributed by atoms with E-state index in [1.165, 1.54) is 0 Å². The Balaban J connectivity index is 1.60. The summed E-state index contributed by atoms with van der Waals surface area (Å²) in [7, 11) is 0. The predicted molar refractivity (Wildman–Crippen MR) is 83.1 cm³/mol. The molecular formula is C17H11N3O3. The van der Waals surface area contributed by atoms with Gasteiger partial charge in [-0.1, -0.05) is 0 Å². The summed E-state index contributed by atoms with van der Waals surface area (Å²) in [5, 5.41) is 0. The lowest BCUT2D eigenvalue weighted by Gasteiger charge is -1.99. The smallest absolute Gasteiger partial charge is 0.231 e. The van der Waals surface area contributed by atoms with Gasteiger partial charge in [0.1, 0.15) is 11.6 Å². The fourth-order valence-corrected chi connectivity index (χ4v) is 2.66. The van der Waals surface area contributed by atoms with Gasteiger partial charge in [-0.25, -0.2) is 9.97 Å². The van der Waals surface area contributed by atoms with Crippen molar-refractivity contribution in [1.82, 2.24) is 15.0 Å². The van der Waals surface area contributed by atoms with Crippen molar-refractivity contribution < 1.29 is 13.9 Å². The van der Waals surface area contributed by atoms with E-state index in [1.807, 2.05) is 36.4 Å². The van der Waals surface area contributed by atoms with Gasteiger partial charge < -0.3 is 18.9 Å². The van der Waals surface area contributed by atoms with Crippen molar-refractivity contribution in [3.63, 3.8) is 0 Å². The van der Waals surface area contributed by atoms with Crippen LogP contribution in [0.1, 0.15) is 0 Å². The number of aromatic nitrogens is 3. The summed E-state index contributed by atoms with van der Waals surface area (Å²) in [6.07, 6.45) is 3.40. The van der Waals surface area contributed by atoms with Crippen LogP contribution in [0.2, 0.25) is 0 Å². The molecule has 23 heavy (non-hydrogen) atoms. The molecule has 0 spiro atoms. The number of nitrogens with zero attached hydrogens (tertiary/aromatic N) is 2. The molecule has 0 unspecified atom stereocenters. The van der Waals surface area contributed by atoms with E-state index in [0.29, 0.717) is 5.65 Å². The van der Waals surface area contributed by atoms with E-state index in [0.717, 1.165) is 39.7 Å². The fraction of sp³-hybridized carbons (Fsp3) is 0.0588. The number of fused-ring (bicyclic) bond motifs is 2. The number of H-pyrrole nitrogens is 1. The van der Waals surface area contributed by atoms with Crippen molar-refractivity contribution >= 4 is 11.2 Å². The highest BCUT2D eigenvalue weighted by atomic mass is 16.7. The van der Waals surface area contributed by atoms with Crippen LogP contribution in [0.15, 0.2) is 53.3 Å². The first-order chi connectivity index (χ1) is 11.4. The van der Waals surface area contributed by atoms with Crippen molar-refractivity contribution in [2.45, 2.75) is 0 Å². The Morgan fingerprint density at radius 1 is 1.00 bits per heavy atom. The lowest BCUT2D eigenvalue weighted by molar-refractivity contribution is 0.174. The highest BCUT2D eigenvalue weighted by Crippen LogP contribution is 2.35. The molecule has 1 aliphatic heterocycles. The standard InChI is InChI=1S/C17H11N3O3/c1-2-13(21-5-1)11-6-12-17(18-8-11)20-16(19-12)10-3-4-14-15(7-10)23-9-22-14/h1-8H,9H2,(H,18,19,20). The molecule has 5 rings (SSSR count). The zero-order valence-electron chi connectivity index (χ0n) is 11.9. The topological polar surface area (TPSA) is 73.2 Å². The SMILES string of the molecule is c1coc(-c2cnc3nc(-c4ccc5c(c4)OCO5)[nH]c3c2)c1. The Hall–Kier alpha value is -3.28. The van der Waals surface area contributed by atoms with Gasteiger partial charge in [0.25, 0.3) is 0 Å². The molecule has 0 saturated heterocycles. The van der Waals surface area contributed by atoms with Crippen LogP contribution in [0.4, 0.5) is 0 Å². The molecule has 6 nitrogen and oxygen atoms in total. The van der Waals surface area contributed by atoms with Crippen LogP contribution in [0.5, 0.6) is 11.5 Å². The van der Waals surface area contributed by atoms with E-state index in [2.05, 4.69) is 15.0 Å². The van der Waals surface area contributed by atoms with Gasteiger partial charge in [-0.15, -0.1) is 0 Å². The Bertz CT molecular complexity index is 1010. The Labute approximate surface area is 130 Å². The first-order valence-electron chi connectivity index (χ1n) is 7.16. The van der Waals surface area contributed by atoms with Crippen LogP contribution in [0.3, 0.4) is 0 Å². The minimum Gasteiger partial charge on any atom is -0.464 e. The van der Waals surface area contributed by atoms with Crippen LogP contribution in [0, 0.1) is 0 Å². The second-order valence-electron chi connectivity index (χ2n) is 5.23.